The highest BCUT2D eigenvalue weighted by Gasteiger charge is 2.28. The van der Waals surface area contributed by atoms with Gasteiger partial charge in [-0.25, -0.2) is 0 Å². The van der Waals surface area contributed by atoms with Crippen LogP contribution in [0, 0.1) is 5.92 Å². The van der Waals surface area contributed by atoms with Crippen molar-refractivity contribution in [3.05, 3.63) is 0 Å². The van der Waals surface area contributed by atoms with Crippen molar-refractivity contribution in [1.29, 1.82) is 0 Å². The minimum absolute atomic E-state index is 0.639. The van der Waals surface area contributed by atoms with Crippen LogP contribution in [0.5, 0.6) is 0 Å². The van der Waals surface area contributed by atoms with E-state index in [4.69, 9.17) is 19.9 Å². The highest BCUT2D eigenvalue weighted by atomic mass is 16.5. The second-order valence-corrected chi connectivity index (χ2v) is 5.19. The summed E-state index contributed by atoms with van der Waals surface area (Å²) in [5.41, 5.74) is 5.81. The van der Waals surface area contributed by atoms with Crippen LogP contribution in [0.4, 0.5) is 0 Å². The van der Waals surface area contributed by atoms with Crippen LogP contribution in [0.1, 0.15) is 19.3 Å². The highest BCUT2D eigenvalue weighted by molar-refractivity contribution is 4.84. The number of nitrogens with two attached hydrogens (primary N) is 1. The average Bonchev–Trinajstić information content (AvgIpc) is 2.90. The SMILES string of the molecule is COCCOCCOCCN(C)C1CCCC1CN. The maximum atomic E-state index is 5.81. The van der Waals surface area contributed by atoms with Gasteiger partial charge in [0, 0.05) is 19.7 Å². The molecule has 114 valence electrons. The molecule has 0 aromatic heterocycles. The van der Waals surface area contributed by atoms with Crippen LogP contribution < -0.4 is 5.73 Å². The van der Waals surface area contributed by atoms with E-state index in [9.17, 15) is 0 Å². The summed E-state index contributed by atoms with van der Waals surface area (Å²) in [4.78, 5) is 2.40. The Labute approximate surface area is 117 Å². The van der Waals surface area contributed by atoms with Gasteiger partial charge in [0.15, 0.2) is 0 Å². The van der Waals surface area contributed by atoms with E-state index in [1.54, 1.807) is 7.11 Å². The molecule has 1 saturated carbocycles. The van der Waals surface area contributed by atoms with Crippen molar-refractivity contribution in [2.75, 3.05) is 60.3 Å². The molecule has 0 spiro atoms. The smallest absolute Gasteiger partial charge is 0.0701 e. The van der Waals surface area contributed by atoms with E-state index in [1.165, 1.54) is 19.3 Å². The summed E-state index contributed by atoms with van der Waals surface area (Å²) < 4.78 is 15.8. The van der Waals surface area contributed by atoms with Gasteiger partial charge in [0.05, 0.1) is 33.0 Å². The Hall–Kier alpha value is -0.200. The van der Waals surface area contributed by atoms with E-state index in [2.05, 4.69) is 11.9 Å². The van der Waals surface area contributed by atoms with Crippen LogP contribution in [-0.4, -0.2) is 71.2 Å². The Morgan fingerprint density at radius 1 is 1.05 bits per heavy atom. The zero-order valence-corrected chi connectivity index (χ0v) is 12.5. The molecule has 1 aliphatic rings. The molecule has 0 radical (unpaired) electrons. The molecule has 0 aromatic rings. The highest BCUT2D eigenvalue weighted by Crippen LogP contribution is 2.28. The van der Waals surface area contributed by atoms with Gasteiger partial charge in [0.2, 0.25) is 0 Å². The summed E-state index contributed by atoms with van der Waals surface area (Å²) >= 11 is 0. The quantitative estimate of drug-likeness (QED) is 0.563. The summed E-state index contributed by atoms with van der Waals surface area (Å²) in [6.45, 7) is 5.12. The van der Waals surface area contributed by atoms with Gasteiger partial charge in [0.25, 0.3) is 0 Å². The van der Waals surface area contributed by atoms with E-state index < -0.39 is 0 Å². The molecule has 0 aliphatic heterocycles. The number of ether oxygens (including phenoxy) is 3. The lowest BCUT2D eigenvalue weighted by Crippen LogP contribution is -2.39. The number of rotatable bonds is 11. The molecule has 1 rings (SSSR count). The minimum Gasteiger partial charge on any atom is -0.382 e. The largest absolute Gasteiger partial charge is 0.382 e. The standard InChI is InChI=1S/C14H30N2O3/c1-16(14-5-3-4-13(14)12-15)6-7-18-10-11-19-9-8-17-2/h13-14H,3-12,15H2,1-2H3. The van der Waals surface area contributed by atoms with Crippen molar-refractivity contribution in [1.82, 2.24) is 4.90 Å². The summed E-state index contributed by atoms with van der Waals surface area (Å²) in [7, 11) is 3.85. The fourth-order valence-corrected chi connectivity index (χ4v) is 2.71. The molecule has 5 heteroatoms. The molecule has 2 atom stereocenters. The topological polar surface area (TPSA) is 57.0 Å². The first-order chi connectivity index (χ1) is 9.29. The molecule has 19 heavy (non-hydrogen) atoms. The molecule has 0 bridgehead atoms. The molecular weight excluding hydrogens is 244 g/mol. The van der Waals surface area contributed by atoms with Gasteiger partial charge in [0.1, 0.15) is 0 Å². The molecule has 2 N–H and O–H groups in total. The molecule has 5 nitrogen and oxygen atoms in total. The summed E-state index contributed by atoms with van der Waals surface area (Å²) in [5, 5.41) is 0. The average molecular weight is 274 g/mol. The Morgan fingerprint density at radius 2 is 1.74 bits per heavy atom. The molecule has 2 unspecified atom stereocenters. The van der Waals surface area contributed by atoms with E-state index in [0.717, 1.165) is 19.7 Å². The van der Waals surface area contributed by atoms with Gasteiger partial charge in [-0.15, -0.1) is 0 Å². The first kappa shape index (κ1) is 16.9. The van der Waals surface area contributed by atoms with Gasteiger partial charge in [-0.1, -0.05) is 6.42 Å². The molecule has 0 amide bonds. The van der Waals surface area contributed by atoms with E-state index in [0.29, 0.717) is 38.4 Å². The molecule has 0 aromatic carbocycles. The van der Waals surface area contributed by atoms with Crippen molar-refractivity contribution >= 4 is 0 Å². The fourth-order valence-electron chi connectivity index (χ4n) is 2.71. The lowest BCUT2D eigenvalue weighted by atomic mass is 10.0. The normalized spacial score (nSPS) is 23.4. The van der Waals surface area contributed by atoms with E-state index in [-0.39, 0.29) is 0 Å². The monoisotopic (exact) mass is 274 g/mol. The lowest BCUT2D eigenvalue weighted by Gasteiger charge is -2.28. The van der Waals surface area contributed by atoms with E-state index in [1.807, 2.05) is 0 Å². The van der Waals surface area contributed by atoms with Crippen molar-refractivity contribution in [3.8, 4) is 0 Å². The number of methoxy groups -OCH3 is 1. The molecular formula is C14H30N2O3. The molecule has 1 aliphatic carbocycles. The number of nitrogens with zero attached hydrogens (tertiary/aromatic N) is 1. The van der Waals surface area contributed by atoms with Crippen molar-refractivity contribution in [2.45, 2.75) is 25.3 Å². The van der Waals surface area contributed by atoms with Crippen LogP contribution in [0.25, 0.3) is 0 Å². The van der Waals surface area contributed by atoms with Gasteiger partial charge < -0.3 is 24.8 Å². The van der Waals surface area contributed by atoms with Crippen molar-refractivity contribution in [2.24, 2.45) is 11.7 Å². The third-order valence-corrected chi connectivity index (χ3v) is 3.88. The molecule has 0 saturated heterocycles. The van der Waals surface area contributed by atoms with Crippen LogP contribution in [0.2, 0.25) is 0 Å². The summed E-state index contributed by atoms with van der Waals surface area (Å²) in [5.74, 6) is 0.669. The maximum Gasteiger partial charge on any atom is 0.0701 e. The Balaban J connectivity index is 1.96. The molecule has 0 heterocycles. The Bertz CT molecular complexity index is 217. The second kappa shape index (κ2) is 10.6. The van der Waals surface area contributed by atoms with Crippen LogP contribution in [0.3, 0.4) is 0 Å². The summed E-state index contributed by atoms with van der Waals surface area (Å²) in [6, 6.07) is 0.645. The fraction of sp³-hybridized carbons (Fsp3) is 1.00. The zero-order valence-electron chi connectivity index (χ0n) is 12.5. The third-order valence-electron chi connectivity index (χ3n) is 3.88. The van der Waals surface area contributed by atoms with Crippen molar-refractivity contribution < 1.29 is 14.2 Å². The first-order valence-corrected chi connectivity index (χ1v) is 7.34. The lowest BCUT2D eigenvalue weighted by molar-refractivity contribution is 0.0175. The van der Waals surface area contributed by atoms with E-state index >= 15 is 0 Å². The van der Waals surface area contributed by atoms with Gasteiger partial charge in [-0.05, 0) is 32.4 Å². The zero-order chi connectivity index (χ0) is 13.9. The second-order valence-electron chi connectivity index (χ2n) is 5.19. The minimum atomic E-state index is 0.639. The number of hydrogen-bond donors (Lipinski definition) is 1. The maximum absolute atomic E-state index is 5.81. The van der Waals surface area contributed by atoms with Gasteiger partial charge >= 0.3 is 0 Å². The Kier molecular flexibility index (Phi) is 9.38. The first-order valence-electron chi connectivity index (χ1n) is 7.34. The van der Waals surface area contributed by atoms with Crippen molar-refractivity contribution in [3.63, 3.8) is 0 Å². The third kappa shape index (κ3) is 6.68. The molecule has 1 fully saturated rings. The predicted molar refractivity (Wildman–Crippen MR) is 76.3 cm³/mol. The number of likely N-dealkylation sites (N-methyl/N-ethyl adjacent to an activating group) is 1. The van der Waals surface area contributed by atoms with Gasteiger partial charge in [-0.3, -0.25) is 0 Å². The van der Waals surface area contributed by atoms with Gasteiger partial charge in [-0.2, -0.15) is 0 Å². The van der Waals surface area contributed by atoms with Crippen LogP contribution in [0.15, 0.2) is 0 Å². The predicted octanol–water partition coefficient (Wildman–Crippen LogP) is 0.725. The Morgan fingerprint density at radius 3 is 2.42 bits per heavy atom. The number of hydrogen-bond acceptors (Lipinski definition) is 5. The summed E-state index contributed by atoms with van der Waals surface area (Å²) in [6.07, 6.45) is 3.86. The van der Waals surface area contributed by atoms with Crippen LogP contribution in [-0.2, 0) is 14.2 Å². The van der Waals surface area contributed by atoms with Crippen LogP contribution >= 0.6 is 0 Å².